The molecule has 2 atom stereocenters. The molecule has 0 aliphatic carbocycles. The fourth-order valence-corrected chi connectivity index (χ4v) is 4.09. The van der Waals surface area contributed by atoms with E-state index in [0.717, 1.165) is 18.5 Å². The molecule has 19 heavy (non-hydrogen) atoms. The van der Waals surface area contributed by atoms with E-state index < -0.39 is 9.84 Å². The van der Waals surface area contributed by atoms with Gasteiger partial charge < -0.3 is 10.4 Å². The van der Waals surface area contributed by atoms with Gasteiger partial charge in [-0.2, -0.15) is 0 Å². The molecule has 1 aliphatic rings. The van der Waals surface area contributed by atoms with Crippen molar-refractivity contribution in [3.8, 4) is 0 Å². The molecule has 0 bridgehead atoms. The molecule has 1 aromatic rings. The van der Waals surface area contributed by atoms with Crippen LogP contribution in [0, 0.1) is 5.92 Å². The van der Waals surface area contributed by atoms with Crippen LogP contribution in [-0.4, -0.2) is 32.4 Å². The maximum Gasteiger partial charge on any atom is 0.178 e. The average molecular weight is 283 g/mol. The summed E-state index contributed by atoms with van der Waals surface area (Å²) in [5.74, 6) is 0.589. The van der Waals surface area contributed by atoms with Gasteiger partial charge in [-0.3, -0.25) is 0 Å². The van der Waals surface area contributed by atoms with Gasteiger partial charge in [-0.05, 0) is 36.9 Å². The lowest BCUT2D eigenvalue weighted by Crippen LogP contribution is -2.32. The Morgan fingerprint density at radius 3 is 2.89 bits per heavy atom. The van der Waals surface area contributed by atoms with Gasteiger partial charge in [0.15, 0.2) is 9.84 Å². The third-order valence-corrected chi connectivity index (χ3v) is 5.45. The fraction of sp³-hybridized carbons (Fsp3) is 0.571. The summed E-state index contributed by atoms with van der Waals surface area (Å²) in [5.41, 5.74) is 0.880. The lowest BCUT2D eigenvalue weighted by molar-refractivity contribution is 0.257. The quantitative estimate of drug-likeness (QED) is 0.859. The van der Waals surface area contributed by atoms with Crippen molar-refractivity contribution in [3.63, 3.8) is 0 Å². The summed E-state index contributed by atoms with van der Waals surface area (Å²) in [6, 6.07) is 7.33. The number of fused-ring (bicyclic) bond motifs is 1. The highest BCUT2D eigenvalue weighted by Crippen LogP contribution is 2.31. The molecule has 4 nitrogen and oxygen atoms in total. The highest BCUT2D eigenvalue weighted by molar-refractivity contribution is 7.91. The van der Waals surface area contributed by atoms with Crippen molar-refractivity contribution in [2.24, 2.45) is 5.92 Å². The molecule has 5 heteroatoms. The van der Waals surface area contributed by atoms with E-state index in [1.807, 2.05) is 12.1 Å². The Morgan fingerprint density at radius 1 is 1.42 bits per heavy atom. The summed E-state index contributed by atoms with van der Waals surface area (Å²) in [6.07, 6.45) is 1.38. The number of rotatable bonds is 5. The zero-order chi connectivity index (χ0) is 13.9. The van der Waals surface area contributed by atoms with Crippen LogP contribution < -0.4 is 5.32 Å². The number of aliphatic hydroxyl groups excluding tert-OH is 1. The fourth-order valence-electron chi connectivity index (χ4n) is 2.47. The second kappa shape index (κ2) is 6.03. The highest BCUT2D eigenvalue weighted by Gasteiger charge is 2.29. The van der Waals surface area contributed by atoms with E-state index in [-0.39, 0.29) is 18.4 Å². The summed E-state index contributed by atoms with van der Waals surface area (Å²) < 4.78 is 24.0. The highest BCUT2D eigenvalue weighted by atomic mass is 32.2. The van der Waals surface area contributed by atoms with Crippen LogP contribution in [-0.2, 0) is 9.84 Å². The number of nitrogens with one attached hydrogen (secondary N) is 1. The first-order valence-corrected chi connectivity index (χ1v) is 8.35. The minimum absolute atomic E-state index is 0.0980. The van der Waals surface area contributed by atoms with Crippen LogP contribution in [0.3, 0.4) is 0 Å². The normalized spacial score (nSPS) is 22.7. The third kappa shape index (κ3) is 3.35. The number of hydrogen-bond acceptors (Lipinski definition) is 4. The number of hydrogen-bond donors (Lipinski definition) is 2. The standard InChI is InChI=1S/C14H21NO3S/c1-11(6-8-16)10-15-13-7-9-19(17,18)14-5-3-2-4-12(13)14/h2-5,11,13,15-16H,6-10H2,1H3. The molecular formula is C14H21NO3S. The molecule has 0 aromatic heterocycles. The SMILES string of the molecule is CC(CCO)CNC1CCS(=O)(=O)c2ccccc21. The predicted octanol–water partition coefficient (Wildman–Crippen LogP) is 1.51. The lowest BCUT2D eigenvalue weighted by atomic mass is 10.0. The molecule has 2 unspecified atom stereocenters. The van der Waals surface area contributed by atoms with Crippen LogP contribution in [0.4, 0.5) is 0 Å². The molecule has 1 aliphatic heterocycles. The minimum atomic E-state index is -3.10. The first-order valence-electron chi connectivity index (χ1n) is 6.70. The van der Waals surface area contributed by atoms with Gasteiger partial charge in [0.2, 0.25) is 0 Å². The summed E-state index contributed by atoms with van der Waals surface area (Å²) in [5, 5.41) is 12.3. The van der Waals surface area contributed by atoms with Gasteiger partial charge in [0.1, 0.15) is 0 Å². The molecular weight excluding hydrogens is 262 g/mol. The predicted molar refractivity (Wildman–Crippen MR) is 74.7 cm³/mol. The molecule has 1 heterocycles. The Balaban J connectivity index is 2.12. The van der Waals surface area contributed by atoms with E-state index >= 15 is 0 Å². The molecule has 106 valence electrons. The molecule has 0 radical (unpaired) electrons. The van der Waals surface area contributed by atoms with Crippen LogP contribution in [0.5, 0.6) is 0 Å². The molecule has 0 amide bonds. The third-order valence-electron chi connectivity index (χ3n) is 3.64. The van der Waals surface area contributed by atoms with Crippen molar-refractivity contribution < 1.29 is 13.5 Å². The van der Waals surface area contributed by atoms with Gasteiger partial charge >= 0.3 is 0 Å². The van der Waals surface area contributed by atoms with Gasteiger partial charge in [-0.1, -0.05) is 25.1 Å². The second-order valence-corrected chi connectivity index (χ2v) is 7.30. The number of aliphatic hydroxyl groups is 1. The maximum absolute atomic E-state index is 12.0. The van der Waals surface area contributed by atoms with E-state index in [0.29, 0.717) is 17.2 Å². The van der Waals surface area contributed by atoms with Gasteiger partial charge in [0.25, 0.3) is 0 Å². The number of benzene rings is 1. The lowest BCUT2D eigenvalue weighted by Gasteiger charge is -2.27. The van der Waals surface area contributed by atoms with E-state index in [4.69, 9.17) is 5.11 Å². The van der Waals surface area contributed by atoms with Crippen molar-refractivity contribution in [1.82, 2.24) is 5.32 Å². The van der Waals surface area contributed by atoms with Crippen LogP contribution in [0.25, 0.3) is 0 Å². The Labute approximate surface area is 114 Å². The number of sulfone groups is 1. The Hall–Kier alpha value is -0.910. The van der Waals surface area contributed by atoms with E-state index in [1.54, 1.807) is 12.1 Å². The summed E-state index contributed by atoms with van der Waals surface area (Å²) in [6.45, 7) is 3.06. The van der Waals surface area contributed by atoms with Gasteiger partial charge in [-0.25, -0.2) is 8.42 Å². The monoisotopic (exact) mass is 283 g/mol. The maximum atomic E-state index is 12.0. The Morgan fingerprint density at radius 2 is 2.16 bits per heavy atom. The summed E-state index contributed by atoms with van der Waals surface area (Å²) in [7, 11) is -3.10. The first-order chi connectivity index (χ1) is 9.04. The van der Waals surface area contributed by atoms with E-state index in [9.17, 15) is 8.42 Å². The van der Waals surface area contributed by atoms with Crippen LogP contribution in [0.2, 0.25) is 0 Å². The van der Waals surface area contributed by atoms with E-state index in [2.05, 4.69) is 12.2 Å². The zero-order valence-corrected chi connectivity index (χ0v) is 12.0. The van der Waals surface area contributed by atoms with Crippen molar-refractivity contribution in [2.45, 2.75) is 30.7 Å². The average Bonchev–Trinajstić information content (AvgIpc) is 2.38. The van der Waals surface area contributed by atoms with Gasteiger partial charge in [0, 0.05) is 12.6 Å². The zero-order valence-electron chi connectivity index (χ0n) is 11.2. The van der Waals surface area contributed by atoms with Gasteiger partial charge in [0.05, 0.1) is 10.6 Å². The second-order valence-electron chi connectivity index (χ2n) is 5.22. The molecule has 1 aromatic carbocycles. The van der Waals surface area contributed by atoms with Crippen LogP contribution in [0.1, 0.15) is 31.4 Å². The smallest absolute Gasteiger partial charge is 0.178 e. The molecule has 0 saturated carbocycles. The molecule has 0 saturated heterocycles. The molecule has 2 rings (SSSR count). The van der Waals surface area contributed by atoms with Crippen LogP contribution >= 0.6 is 0 Å². The van der Waals surface area contributed by atoms with Crippen molar-refractivity contribution in [2.75, 3.05) is 18.9 Å². The summed E-state index contributed by atoms with van der Waals surface area (Å²) >= 11 is 0. The topological polar surface area (TPSA) is 66.4 Å². The molecule has 2 N–H and O–H groups in total. The van der Waals surface area contributed by atoms with Crippen molar-refractivity contribution >= 4 is 9.84 Å². The largest absolute Gasteiger partial charge is 0.396 e. The molecule has 0 fully saturated rings. The Kier molecular flexibility index (Phi) is 4.60. The Bertz CT molecular complexity index is 527. The first kappa shape index (κ1) is 14.5. The minimum Gasteiger partial charge on any atom is -0.396 e. The van der Waals surface area contributed by atoms with E-state index in [1.165, 1.54) is 0 Å². The van der Waals surface area contributed by atoms with Crippen molar-refractivity contribution in [1.29, 1.82) is 0 Å². The van der Waals surface area contributed by atoms with Crippen LogP contribution in [0.15, 0.2) is 29.2 Å². The van der Waals surface area contributed by atoms with Crippen molar-refractivity contribution in [3.05, 3.63) is 29.8 Å². The summed E-state index contributed by atoms with van der Waals surface area (Å²) in [4.78, 5) is 0.466. The molecule has 0 spiro atoms. The van der Waals surface area contributed by atoms with Gasteiger partial charge in [-0.15, -0.1) is 0 Å².